The molecule has 0 aromatic carbocycles. The van der Waals surface area contributed by atoms with E-state index in [1.165, 1.54) is 0 Å². The zero-order valence-electron chi connectivity index (χ0n) is 4.65. The van der Waals surface area contributed by atoms with E-state index >= 15 is 0 Å². The maximum absolute atomic E-state index is 8.43. The monoisotopic (exact) mass is 102 g/mol. The number of nitrogens with two attached hydrogens (primary N) is 1. The van der Waals surface area contributed by atoms with E-state index in [0.717, 1.165) is 0 Å². The smallest absolute Gasteiger partial charge is 0.0608 e. The zero-order valence-corrected chi connectivity index (χ0v) is 4.65. The van der Waals surface area contributed by atoms with Crippen molar-refractivity contribution in [2.75, 3.05) is 6.61 Å². The van der Waals surface area contributed by atoms with Crippen molar-refractivity contribution in [2.24, 2.45) is 5.73 Å². The Bertz CT molecular complexity index is 46.0. The maximum Gasteiger partial charge on any atom is 0.0608 e. The summed E-state index contributed by atoms with van der Waals surface area (Å²) in [6, 6.07) is 0. The Morgan fingerprint density at radius 2 is 2.29 bits per heavy atom. The van der Waals surface area contributed by atoms with Crippen LogP contribution in [0.1, 0.15) is 13.3 Å². The van der Waals surface area contributed by atoms with Gasteiger partial charge in [-0.1, -0.05) is 6.92 Å². The Labute approximate surface area is 44.3 Å². The Balaban J connectivity index is 3.36. The summed E-state index contributed by atoms with van der Waals surface area (Å²) >= 11 is 0. The molecule has 43 valence electrons. The van der Waals surface area contributed by atoms with Gasteiger partial charge in [0.1, 0.15) is 0 Å². The number of hydrogen-bond donors (Lipinski definition) is 2. The molecule has 7 heavy (non-hydrogen) atoms. The van der Waals surface area contributed by atoms with Crippen molar-refractivity contribution >= 4 is 0 Å². The predicted molar refractivity (Wildman–Crippen MR) is 29.7 cm³/mol. The van der Waals surface area contributed by atoms with Crippen LogP contribution in [0.4, 0.5) is 0 Å². The second-order valence-electron chi connectivity index (χ2n) is 2.06. The lowest BCUT2D eigenvalue weighted by Crippen LogP contribution is -2.39. The summed E-state index contributed by atoms with van der Waals surface area (Å²) in [6.07, 6.45) is 0.573. The fourth-order valence-electron chi connectivity index (χ4n) is 0.0791. The lowest BCUT2D eigenvalue weighted by molar-refractivity contribution is 0.210. The second kappa shape index (κ2) is 2.28. The first-order valence-corrected chi connectivity index (χ1v) is 2.31. The van der Waals surface area contributed by atoms with Gasteiger partial charge in [0.05, 0.1) is 6.61 Å². The molecule has 0 saturated heterocycles. The van der Waals surface area contributed by atoms with E-state index < -0.39 is 5.54 Å². The van der Waals surface area contributed by atoms with Gasteiger partial charge in [-0.15, -0.1) is 0 Å². The standard InChI is InChI=1S/C5H12NO/c1-3-5(2,6)4-7/h7H,1,3-4,6H2,2H3. The highest BCUT2D eigenvalue weighted by atomic mass is 16.3. The van der Waals surface area contributed by atoms with Crippen LogP contribution in [-0.4, -0.2) is 17.3 Å². The molecule has 0 aliphatic heterocycles. The van der Waals surface area contributed by atoms with Gasteiger partial charge in [-0.25, -0.2) is 0 Å². The number of rotatable bonds is 2. The van der Waals surface area contributed by atoms with E-state index in [1.54, 1.807) is 6.92 Å². The quantitative estimate of drug-likeness (QED) is 0.512. The van der Waals surface area contributed by atoms with Gasteiger partial charge < -0.3 is 10.8 Å². The fraction of sp³-hybridized carbons (Fsp3) is 0.800. The highest BCUT2D eigenvalue weighted by molar-refractivity contribution is 4.77. The molecule has 0 spiro atoms. The van der Waals surface area contributed by atoms with Crippen molar-refractivity contribution in [3.05, 3.63) is 6.92 Å². The largest absolute Gasteiger partial charge is 0.394 e. The molecule has 0 bridgehead atoms. The molecule has 0 rings (SSSR count). The Morgan fingerprint density at radius 3 is 2.29 bits per heavy atom. The first-order valence-electron chi connectivity index (χ1n) is 2.31. The average Bonchev–Trinajstić information content (AvgIpc) is 1.68. The van der Waals surface area contributed by atoms with Crippen LogP contribution in [0, 0.1) is 6.92 Å². The summed E-state index contributed by atoms with van der Waals surface area (Å²) in [5.41, 5.74) is 4.93. The maximum atomic E-state index is 8.43. The average molecular weight is 102 g/mol. The van der Waals surface area contributed by atoms with Gasteiger partial charge in [-0.3, -0.25) is 0 Å². The predicted octanol–water partition coefficient (Wildman–Crippen LogP) is -0.0797. The third-order valence-corrected chi connectivity index (χ3v) is 0.932. The second-order valence-corrected chi connectivity index (χ2v) is 2.06. The van der Waals surface area contributed by atoms with Crippen LogP contribution >= 0.6 is 0 Å². The molecule has 2 heteroatoms. The third-order valence-electron chi connectivity index (χ3n) is 0.932. The van der Waals surface area contributed by atoms with Gasteiger partial charge in [0, 0.05) is 5.54 Å². The molecule has 2 nitrogen and oxygen atoms in total. The number of aliphatic hydroxyl groups excluding tert-OH is 1. The normalized spacial score (nSPS) is 18.9. The van der Waals surface area contributed by atoms with E-state index in [4.69, 9.17) is 10.8 Å². The van der Waals surface area contributed by atoms with Gasteiger partial charge in [-0.2, -0.15) is 0 Å². The van der Waals surface area contributed by atoms with Gasteiger partial charge >= 0.3 is 0 Å². The summed E-state index contributed by atoms with van der Waals surface area (Å²) in [4.78, 5) is 0. The van der Waals surface area contributed by atoms with Crippen molar-refractivity contribution < 1.29 is 5.11 Å². The topological polar surface area (TPSA) is 46.2 Å². The molecule has 0 saturated carbocycles. The first kappa shape index (κ1) is 6.92. The number of aliphatic hydroxyl groups is 1. The van der Waals surface area contributed by atoms with Crippen LogP contribution in [0.3, 0.4) is 0 Å². The SMILES string of the molecule is [CH2]CC(C)(N)CO. The van der Waals surface area contributed by atoms with Gasteiger partial charge in [0.25, 0.3) is 0 Å². The molecule has 1 atom stereocenters. The third kappa shape index (κ3) is 2.60. The molecular formula is C5H12NO. The van der Waals surface area contributed by atoms with Gasteiger partial charge in [0.15, 0.2) is 0 Å². The molecule has 0 amide bonds. The minimum Gasteiger partial charge on any atom is -0.394 e. The molecule has 1 unspecified atom stereocenters. The highest BCUT2D eigenvalue weighted by Crippen LogP contribution is 1.99. The lowest BCUT2D eigenvalue weighted by Gasteiger charge is -2.17. The van der Waals surface area contributed by atoms with Crippen molar-refractivity contribution in [3.63, 3.8) is 0 Å². The molecule has 0 aliphatic rings. The van der Waals surface area contributed by atoms with E-state index in [9.17, 15) is 0 Å². The lowest BCUT2D eigenvalue weighted by atomic mass is 10.0. The molecule has 0 fully saturated rings. The van der Waals surface area contributed by atoms with E-state index in [-0.39, 0.29) is 6.61 Å². The molecule has 0 heterocycles. The van der Waals surface area contributed by atoms with Crippen LogP contribution in [0.5, 0.6) is 0 Å². The van der Waals surface area contributed by atoms with Crippen molar-refractivity contribution in [3.8, 4) is 0 Å². The molecule has 0 aliphatic carbocycles. The highest BCUT2D eigenvalue weighted by Gasteiger charge is 2.11. The van der Waals surface area contributed by atoms with Crippen molar-refractivity contribution in [1.82, 2.24) is 0 Å². The van der Waals surface area contributed by atoms with Crippen LogP contribution in [0.25, 0.3) is 0 Å². The van der Waals surface area contributed by atoms with Gasteiger partial charge in [-0.05, 0) is 13.3 Å². The Morgan fingerprint density at radius 1 is 1.86 bits per heavy atom. The minimum atomic E-state index is -0.472. The van der Waals surface area contributed by atoms with Crippen molar-refractivity contribution in [2.45, 2.75) is 18.9 Å². The van der Waals surface area contributed by atoms with Crippen LogP contribution in [0.15, 0.2) is 0 Å². The van der Waals surface area contributed by atoms with Crippen LogP contribution < -0.4 is 5.73 Å². The molecule has 0 aromatic rings. The van der Waals surface area contributed by atoms with E-state index in [1.807, 2.05) is 0 Å². The zero-order chi connectivity index (χ0) is 5.91. The molecular weight excluding hydrogens is 90.1 g/mol. The van der Waals surface area contributed by atoms with Crippen LogP contribution in [0.2, 0.25) is 0 Å². The molecule has 0 aromatic heterocycles. The first-order chi connectivity index (χ1) is 3.12. The summed E-state index contributed by atoms with van der Waals surface area (Å²) < 4.78 is 0. The van der Waals surface area contributed by atoms with E-state index in [2.05, 4.69) is 6.92 Å². The van der Waals surface area contributed by atoms with Crippen LogP contribution in [-0.2, 0) is 0 Å². The Hall–Kier alpha value is -0.0800. The summed E-state index contributed by atoms with van der Waals surface area (Å²) in [5.74, 6) is 0. The van der Waals surface area contributed by atoms with Gasteiger partial charge in [0.2, 0.25) is 0 Å². The minimum absolute atomic E-state index is 0.0104. The Kier molecular flexibility index (Phi) is 2.26. The fourth-order valence-corrected chi connectivity index (χ4v) is 0.0791. The number of hydrogen-bond acceptors (Lipinski definition) is 2. The van der Waals surface area contributed by atoms with E-state index in [0.29, 0.717) is 6.42 Å². The molecule has 1 radical (unpaired) electrons. The molecule has 3 N–H and O–H groups in total. The van der Waals surface area contributed by atoms with Crippen molar-refractivity contribution in [1.29, 1.82) is 0 Å². The summed E-state index contributed by atoms with van der Waals surface area (Å²) in [6.45, 7) is 5.32. The summed E-state index contributed by atoms with van der Waals surface area (Å²) in [7, 11) is 0. The summed E-state index contributed by atoms with van der Waals surface area (Å²) in [5, 5.41) is 8.43.